The van der Waals surface area contributed by atoms with E-state index in [1.54, 1.807) is 24.3 Å². The summed E-state index contributed by atoms with van der Waals surface area (Å²) < 4.78 is 26.4. The Morgan fingerprint density at radius 2 is 2.05 bits per heavy atom. The molecule has 0 bridgehead atoms. The SMILES string of the molecule is CCCN(Cc1ccc(C#N)cc1)S(=O)(=O)c1cnc[nH]1. The molecule has 0 aliphatic heterocycles. The van der Waals surface area contributed by atoms with E-state index in [0.717, 1.165) is 5.56 Å². The first kappa shape index (κ1) is 15.2. The molecule has 7 heteroatoms. The van der Waals surface area contributed by atoms with E-state index in [4.69, 9.17) is 5.26 Å². The zero-order chi connectivity index (χ0) is 15.3. The second-order valence-corrected chi connectivity index (χ2v) is 6.47. The van der Waals surface area contributed by atoms with E-state index < -0.39 is 10.0 Å². The smallest absolute Gasteiger partial charge is 0.260 e. The van der Waals surface area contributed by atoms with Crippen molar-refractivity contribution in [2.45, 2.75) is 24.9 Å². The van der Waals surface area contributed by atoms with E-state index in [9.17, 15) is 8.42 Å². The first-order chi connectivity index (χ1) is 10.1. The molecule has 0 aliphatic rings. The van der Waals surface area contributed by atoms with Crippen LogP contribution in [0, 0.1) is 11.3 Å². The van der Waals surface area contributed by atoms with Gasteiger partial charge in [0.05, 0.1) is 24.2 Å². The summed E-state index contributed by atoms with van der Waals surface area (Å²) in [5.74, 6) is 0. The minimum atomic E-state index is -3.58. The molecule has 1 aromatic heterocycles. The van der Waals surface area contributed by atoms with Gasteiger partial charge in [-0.3, -0.25) is 0 Å². The van der Waals surface area contributed by atoms with Crippen LogP contribution in [-0.4, -0.2) is 29.2 Å². The molecule has 110 valence electrons. The highest BCUT2D eigenvalue weighted by atomic mass is 32.2. The molecule has 21 heavy (non-hydrogen) atoms. The van der Waals surface area contributed by atoms with Crippen LogP contribution < -0.4 is 0 Å². The second-order valence-electron chi connectivity index (χ2n) is 4.56. The van der Waals surface area contributed by atoms with Gasteiger partial charge in [-0.05, 0) is 24.1 Å². The largest absolute Gasteiger partial charge is 0.335 e. The van der Waals surface area contributed by atoms with Gasteiger partial charge in [-0.1, -0.05) is 19.1 Å². The van der Waals surface area contributed by atoms with Gasteiger partial charge >= 0.3 is 0 Å². The molecule has 1 aromatic carbocycles. The van der Waals surface area contributed by atoms with Crippen molar-refractivity contribution < 1.29 is 8.42 Å². The molecule has 0 spiro atoms. The van der Waals surface area contributed by atoms with Crippen molar-refractivity contribution in [2.24, 2.45) is 0 Å². The molecule has 1 N–H and O–H groups in total. The maximum Gasteiger partial charge on any atom is 0.260 e. The average molecular weight is 304 g/mol. The number of aromatic nitrogens is 2. The number of H-pyrrole nitrogens is 1. The molecule has 0 unspecified atom stereocenters. The van der Waals surface area contributed by atoms with Gasteiger partial charge in [0.15, 0.2) is 5.03 Å². The fraction of sp³-hybridized carbons (Fsp3) is 0.286. The number of sulfonamides is 1. The van der Waals surface area contributed by atoms with Gasteiger partial charge in [0.25, 0.3) is 10.0 Å². The number of hydrogen-bond donors (Lipinski definition) is 1. The van der Waals surface area contributed by atoms with Crippen LogP contribution in [0.3, 0.4) is 0 Å². The Morgan fingerprint density at radius 1 is 1.33 bits per heavy atom. The third-order valence-electron chi connectivity index (χ3n) is 3.01. The number of hydrogen-bond acceptors (Lipinski definition) is 4. The summed E-state index contributed by atoms with van der Waals surface area (Å²) in [6.45, 7) is 2.61. The molecule has 0 amide bonds. The summed E-state index contributed by atoms with van der Waals surface area (Å²) >= 11 is 0. The predicted molar refractivity (Wildman–Crippen MR) is 77.6 cm³/mol. The number of rotatable bonds is 6. The lowest BCUT2D eigenvalue weighted by Crippen LogP contribution is -2.31. The Kier molecular flexibility index (Phi) is 4.73. The zero-order valence-electron chi connectivity index (χ0n) is 11.7. The molecule has 0 aliphatic carbocycles. The van der Waals surface area contributed by atoms with Crippen molar-refractivity contribution in [3.63, 3.8) is 0 Å². The minimum absolute atomic E-state index is 0.0876. The number of imidazole rings is 1. The molecular formula is C14H16N4O2S. The van der Waals surface area contributed by atoms with Gasteiger partial charge in [0.1, 0.15) is 0 Å². The molecule has 0 radical (unpaired) electrons. The number of nitriles is 1. The molecule has 0 saturated heterocycles. The van der Waals surface area contributed by atoms with Crippen molar-refractivity contribution in [1.29, 1.82) is 5.26 Å². The molecule has 0 atom stereocenters. The van der Waals surface area contributed by atoms with E-state index in [0.29, 0.717) is 18.5 Å². The van der Waals surface area contributed by atoms with Crippen molar-refractivity contribution in [3.8, 4) is 6.07 Å². The van der Waals surface area contributed by atoms with Crippen LogP contribution in [0.5, 0.6) is 0 Å². The predicted octanol–water partition coefficient (Wildman–Crippen LogP) is 1.88. The number of nitrogens with zero attached hydrogens (tertiary/aromatic N) is 3. The molecule has 2 rings (SSSR count). The molecule has 2 aromatic rings. The van der Waals surface area contributed by atoms with Gasteiger partial charge < -0.3 is 4.98 Å². The summed E-state index contributed by atoms with van der Waals surface area (Å²) in [6.07, 6.45) is 3.36. The summed E-state index contributed by atoms with van der Waals surface area (Å²) in [5.41, 5.74) is 1.39. The highest BCUT2D eigenvalue weighted by molar-refractivity contribution is 7.89. The van der Waals surface area contributed by atoms with Crippen LogP contribution in [0.15, 0.2) is 41.8 Å². The van der Waals surface area contributed by atoms with Crippen LogP contribution in [0.4, 0.5) is 0 Å². The highest BCUT2D eigenvalue weighted by Crippen LogP contribution is 2.17. The normalized spacial score (nSPS) is 11.5. The number of aromatic amines is 1. The lowest BCUT2D eigenvalue weighted by atomic mass is 10.1. The van der Waals surface area contributed by atoms with Gasteiger partial charge in [-0.25, -0.2) is 13.4 Å². The third kappa shape index (κ3) is 3.48. The summed E-state index contributed by atoms with van der Waals surface area (Å²) in [7, 11) is -3.58. The number of benzene rings is 1. The van der Waals surface area contributed by atoms with Crippen LogP contribution in [-0.2, 0) is 16.6 Å². The van der Waals surface area contributed by atoms with Crippen molar-refractivity contribution >= 4 is 10.0 Å². The topological polar surface area (TPSA) is 89.8 Å². The maximum atomic E-state index is 12.5. The van der Waals surface area contributed by atoms with E-state index in [1.807, 2.05) is 13.0 Å². The lowest BCUT2D eigenvalue weighted by molar-refractivity contribution is 0.404. The summed E-state index contributed by atoms with van der Waals surface area (Å²) in [5, 5.41) is 8.87. The Morgan fingerprint density at radius 3 is 2.57 bits per heavy atom. The van der Waals surface area contributed by atoms with Gasteiger partial charge in [0.2, 0.25) is 0 Å². The minimum Gasteiger partial charge on any atom is -0.335 e. The lowest BCUT2D eigenvalue weighted by Gasteiger charge is -2.20. The second kappa shape index (κ2) is 6.52. The van der Waals surface area contributed by atoms with Crippen molar-refractivity contribution in [3.05, 3.63) is 47.9 Å². The molecular weight excluding hydrogens is 288 g/mol. The molecule has 1 heterocycles. The first-order valence-electron chi connectivity index (χ1n) is 6.55. The van der Waals surface area contributed by atoms with Gasteiger partial charge in [-0.2, -0.15) is 9.57 Å². The maximum absolute atomic E-state index is 12.5. The Balaban J connectivity index is 2.25. The quantitative estimate of drug-likeness (QED) is 0.882. The van der Waals surface area contributed by atoms with E-state index in [1.165, 1.54) is 16.8 Å². The Labute approximate surface area is 124 Å². The van der Waals surface area contributed by atoms with Crippen LogP contribution in [0.2, 0.25) is 0 Å². The Hall–Kier alpha value is -2.17. The zero-order valence-corrected chi connectivity index (χ0v) is 12.5. The third-order valence-corrected chi connectivity index (χ3v) is 4.78. The molecule has 6 nitrogen and oxygen atoms in total. The summed E-state index contributed by atoms with van der Waals surface area (Å²) in [4.78, 5) is 6.40. The fourth-order valence-electron chi connectivity index (χ4n) is 1.95. The monoisotopic (exact) mass is 304 g/mol. The fourth-order valence-corrected chi connectivity index (χ4v) is 3.36. The standard InChI is InChI=1S/C14H16N4O2S/c1-2-7-18(21(19,20)14-9-16-11-17-14)10-13-5-3-12(8-15)4-6-13/h3-6,9,11H,2,7,10H2,1H3,(H,16,17). The molecule has 0 saturated carbocycles. The van der Waals surface area contributed by atoms with E-state index in [-0.39, 0.29) is 11.6 Å². The number of nitrogens with one attached hydrogen (secondary N) is 1. The molecule has 0 fully saturated rings. The van der Waals surface area contributed by atoms with Gasteiger partial charge in [0, 0.05) is 13.1 Å². The van der Waals surface area contributed by atoms with Crippen LogP contribution in [0.25, 0.3) is 0 Å². The van der Waals surface area contributed by atoms with E-state index in [2.05, 4.69) is 9.97 Å². The Bertz CT molecular complexity index is 715. The van der Waals surface area contributed by atoms with Crippen LogP contribution in [0.1, 0.15) is 24.5 Å². The summed E-state index contributed by atoms with van der Waals surface area (Å²) in [6, 6.07) is 8.94. The van der Waals surface area contributed by atoms with Gasteiger partial charge in [-0.15, -0.1) is 0 Å². The van der Waals surface area contributed by atoms with Crippen LogP contribution >= 0.6 is 0 Å². The van der Waals surface area contributed by atoms with Crippen molar-refractivity contribution in [1.82, 2.24) is 14.3 Å². The van der Waals surface area contributed by atoms with Crippen molar-refractivity contribution in [2.75, 3.05) is 6.54 Å². The van der Waals surface area contributed by atoms with E-state index >= 15 is 0 Å². The average Bonchev–Trinajstić information content (AvgIpc) is 3.02. The highest BCUT2D eigenvalue weighted by Gasteiger charge is 2.25. The first-order valence-corrected chi connectivity index (χ1v) is 7.99.